The van der Waals surface area contributed by atoms with Crippen molar-refractivity contribution in [2.75, 3.05) is 0 Å². The molecule has 0 spiro atoms. The van der Waals surface area contributed by atoms with Gasteiger partial charge in [-0.2, -0.15) is 0 Å². The zero-order valence-corrected chi connectivity index (χ0v) is 13.5. The van der Waals surface area contributed by atoms with Crippen molar-refractivity contribution >= 4 is 11.8 Å². The van der Waals surface area contributed by atoms with E-state index in [0.29, 0.717) is 12.1 Å². The van der Waals surface area contributed by atoms with E-state index in [4.69, 9.17) is 0 Å². The molecule has 0 saturated heterocycles. The van der Waals surface area contributed by atoms with E-state index in [2.05, 4.69) is 10.6 Å². The number of hydrogen-bond donors (Lipinski definition) is 2. The van der Waals surface area contributed by atoms with Gasteiger partial charge >= 0.3 is 0 Å². The van der Waals surface area contributed by atoms with Crippen molar-refractivity contribution in [3.63, 3.8) is 0 Å². The van der Waals surface area contributed by atoms with E-state index in [1.165, 1.54) is 5.56 Å². The van der Waals surface area contributed by atoms with Gasteiger partial charge in [0.25, 0.3) is 5.91 Å². The molecule has 0 fully saturated rings. The van der Waals surface area contributed by atoms with E-state index in [1.54, 1.807) is 12.1 Å². The molecule has 0 aliphatic heterocycles. The predicted octanol–water partition coefficient (Wildman–Crippen LogP) is 2.82. The number of benzene rings is 2. The average molecular weight is 310 g/mol. The van der Waals surface area contributed by atoms with Gasteiger partial charge in [0, 0.05) is 24.6 Å². The molecular formula is C19H22N2O2. The van der Waals surface area contributed by atoms with Crippen molar-refractivity contribution in [2.45, 2.75) is 32.9 Å². The summed E-state index contributed by atoms with van der Waals surface area (Å²) in [5.74, 6) is -0.240. The SMILES string of the molecule is Cc1ccc(CNC(=O)C[C@H](C)NC(=O)c2ccccc2)cc1. The Bertz CT molecular complexity index is 651. The van der Waals surface area contributed by atoms with Crippen molar-refractivity contribution in [3.05, 3.63) is 71.3 Å². The zero-order valence-electron chi connectivity index (χ0n) is 13.5. The summed E-state index contributed by atoms with van der Waals surface area (Å²) < 4.78 is 0. The van der Waals surface area contributed by atoms with E-state index in [-0.39, 0.29) is 24.3 Å². The van der Waals surface area contributed by atoms with Gasteiger partial charge in [0.2, 0.25) is 5.91 Å². The van der Waals surface area contributed by atoms with Crippen molar-refractivity contribution in [1.29, 1.82) is 0 Å². The summed E-state index contributed by atoms with van der Waals surface area (Å²) in [4.78, 5) is 24.0. The van der Waals surface area contributed by atoms with Crippen LogP contribution in [0.15, 0.2) is 54.6 Å². The second kappa shape index (κ2) is 8.13. The molecule has 1 atom stereocenters. The Balaban J connectivity index is 1.76. The molecule has 0 unspecified atom stereocenters. The first-order valence-electron chi connectivity index (χ1n) is 7.73. The first kappa shape index (κ1) is 16.7. The molecular weight excluding hydrogens is 288 g/mol. The van der Waals surface area contributed by atoms with Crippen LogP contribution in [-0.4, -0.2) is 17.9 Å². The van der Waals surface area contributed by atoms with Crippen LogP contribution in [0.5, 0.6) is 0 Å². The van der Waals surface area contributed by atoms with Crippen LogP contribution in [0.4, 0.5) is 0 Å². The summed E-state index contributed by atoms with van der Waals surface area (Å²) in [6.07, 6.45) is 0.254. The van der Waals surface area contributed by atoms with Crippen LogP contribution in [-0.2, 0) is 11.3 Å². The number of aryl methyl sites for hydroxylation is 1. The second-order valence-corrected chi connectivity index (χ2v) is 5.71. The monoisotopic (exact) mass is 310 g/mol. The van der Waals surface area contributed by atoms with E-state index >= 15 is 0 Å². The molecule has 2 aromatic rings. The number of amides is 2. The van der Waals surface area contributed by atoms with Crippen LogP contribution >= 0.6 is 0 Å². The van der Waals surface area contributed by atoms with Gasteiger partial charge in [-0.05, 0) is 31.5 Å². The molecule has 4 nitrogen and oxygen atoms in total. The molecule has 2 N–H and O–H groups in total. The Morgan fingerprint density at radius 3 is 2.30 bits per heavy atom. The summed E-state index contributed by atoms with van der Waals surface area (Å²) >= 11 is 0. The van der Waals surface area contributed by atoms with Crippen molar-refractivity contribution in [3.8, 4) is 0 Å². The van der Waals surface area contributed by atoms with E-state index in [1.807, 2.05) is 56.3 Å². The summed E-state index contributed by atoms with van der Waals surface area (Å²) in [6, 6.07) is 16.8. The topological polar surface area (TPSA) is 58.2 Å². The van der Waals surface area contributed by atoms with Crippen LogP contribution in [0.1, 0.15) is 34.8 Å². The van der Waals surface area contributed by atoms with Crippen LogP contribution in [0.25, 0.3) is 0 Å². The van der Waals surface area contributed by atoms with Gasteiger partial charge in [-0.3, -0.25) is 9.59 Å². The van der Waals surface area contributed by atoms with Gasteiger partial charge in [0.1, 0.15) is 0 Å². The normalized spacial score (nSPS) is 11.6. The minimum Gasteiger partial charge on any atom is -0.352 e. The molecule has 4 heteroatoms. The quantitative estimate of drug-likeness (QED) is 0.862. The minimum absolute atomic E-state index is 0.0774. The Morgan fingerprint density at radius 2 is 1.65 bits per heavy atom. The maximum absolute atomic E-state index is 12.0. The molecule has 2 rings (SSSR count). The van der Waals surface area contributed by atoms with E-state index < -0.39 is 0 Å². The Hall–Kier alpha value is -2.62. The fourth-order valence-corrected chi connectivity index (χ4v) is 2.20. The number of carbonyl (C=O) groups excluding carboxylic acids is 2. The van der Waals surface area contributed by atoms with Gasteiger partial charge in [-0.1, -0.05) is 48.0 Å². The van der Waals surface area contributed by atoms with E-state index in [9.17, 15) is 9.59 Å². The lowest BCUT2D eigenvalue weighted by atomic mass is 10.1. The van der Waals surface area contributed by atoms with Crippen molar-refractivity contribution < 1.29 is 9.59 Å². The van der Waals surface area contributed by atoms with Gasteiger partial charge in [-0.15, -0.1) is 0 Å². The third-order valence-corrected chi connectivity index (χ3v) is 3.52. The highest BCUT2D eigenvalue weighted by Gasteiger charge is 2.12. The standard InChI is InChI=1S/C19H22N2O2/c1-14-8-10-16(11-9-14)13-20-18(22)12-15(2)21-19(23)17-6-4-3-5-7-17/h3-11,15H,12-13H2,1-2H3,(H,20,22)(H,21,23)/t15-/m0/s1. The molecule has 0 bridgehead atoms. The molecule has 0 aliphatic rings. The fraction of sp³-hybridized carbons (Fsp3) is 0.263. The molecule has 2 amide bonds. The molecule has 0 radical (unpaired) electrons. The molecule has 0 aromatic heterocycles. The second-order valence-electron chi connectivity index (χ2n) is 5.71. The summed E-state index contributed by atoms with van der Waals surface area (Å²) in [6.45, 7) is 4.35. The fourth-order valence-electron chi connectivity index (χ4n) is 2.20. The average Bonchev–Trinajstić information content (AvgIpc) is 2.55. The van der Waals surface area contributed by atoms with Gasteiger partial charge in [0.15, 0.2) is 0 Å². The minimum atomic E-state index is -0.222. The summed E-state index contributed by atoms with van der Waals surface area (Å²) in [5, 5.41) is 5.71. The third-order valence-electron chi connectivity index (χ3n) is 3.52. The van der Waals surface area contributed by atoms with Crippen LogP contribution < -0.4 is 10.6 Å². The Labute approximate surface area is 136 Å². The van der Waals surface area contributed by atoms with Crippen LogP contribution in [0.2, 0.25) is 0 Å². The highest BCUT2D eigenvalue weighted by atomic mass is 16.2. The Morgan fingerprint density at radius 1 is 1.00 bits per heavy atom. The third kappa shape index (κ3) is 5.58. The molecule has 120 valence electrons. The molecule has 0 saturated carbocycles. The smallest absolute Gasteiger partial charge is 0.251 e. The molecule has 23 heavy (non-hydrogen) atoms. The van der Waals surface area contributed by atoms with Gasteiger partial charge < -0.3 is 10.6 Å². The maximum atomic E-state index is 12.0. The summed E-state index contributed by atoms with van der Waals surface area (Å²) in [7, 11) is 0. The lowest BCUT2D eigenvalue weighted by molar-refractivity contribution is -0.121. The van der Waals surface area contributed by atoms with Gasteiger partial charge in [0.05, 0.1) is 0 Å². The van der Waals surface area contributed by atoms with Crippen molar-refractivity contribution in [2.24, 2.45) is 0 Å². The molecule has 2 aromatic carbocycles. The van der Waals surface area contributed by atoms with Crippen molar-refractivity contribution in [1.82, 2.24) is 10.6 Å². The van der Waals surface area contributed by atoms with Crippen LogP contribution in [0.3, 0.4) is 0 Å². The first-order chi connectivity index (χ1) is 11.0. The van der Waals surface area contributed by atoms with Gasteiger partial charge in [-0.25, -0.2) is 0 Å². The lowest BCUT2D eigenvalue weighted by Gasteiger charge is -2.14. The Kier molecular flexibility index (Phi) is 5.92. The molecule has 0 aliphatic carbocycles. The lowest BCUT2D eigenvalue weighted by Crippen LogP contribution is -2.37. The summed E-state index contributed by atoms with van der Waals surface area (Å²) in [5.41, 5.74) is 2.85. The largest absolute Gasteiger partial charge is 0.352 e. The first-order valence-corrected chi connectivity index (χ1v) is 7.73. The predicted molar refractivity (Wildman–Crippen MR) is 91.0 cm³/mol. The van der Waals surface area contributed by atoms with E-state index in [0.717, 1.165) is 5.56 Å². The highest BCUT2D eigenvalue weighted by molar-refractivity contribution is 5.94. The number of rotatable bonds is 6. The molecule has 0 heterocycles. The number of carbonyl (C=O) groups is 2. The highest BCUT2D eigenvalue weighted by Crippen LogP contribution is 2.03. The number of hydrogen-bond acceptors (Lipinski definition) is 2. The van der Waals surface area contributed by atoms with Crippen LogP contribution in [0, 0.1) is 6.92 Å². The zero-order chi connectivity index (χ0) is 16.7. The maximum Gasteiger partial charge on any atom is 0.251 e. The number of nitrogens with one attached hydrogen (secondary N) is 2.